The van der Waals surface area contributed by atoms with Crippen LogP contribution in [0.2, 0.25) is 5.02 Å². The summed E-state index contributed by atoms with van der Waals surface area (Å²) in [5.41, 5.74) is 6.95. The first kappa shape index (κ1) is 21.0. The van der Waals surface area contributed by atoms with Gasteiger partial charge in [0, 0.05) is 17.1 Å². The standard InChI is InChI=1S/C20H24ClN3O2S/c1-2-3-14-26-18-10-6-16(7-11-18)19(25)23-24-20(27)22-13-12-15-4-8-17(21)9-5-15/h4-11H,2-3,12-14H2,1H3,(H,23,25)(H2,22,24,27). The molecule has 27 heavy (non-hydrogen) atoms. The largest absolute Gasteiger partial charge is 0.494 e. The van der Waals surface area contributed by atoms with Crippen LogP contribution in [0, 0.1) is 0 Å². The fraction of sp³-hybridized carbons (Fsp3) is 0.300. The highest BCUT2D eigenvalue weighted by Gasteiger charge is 2.06. The van der Waals surface area contributed by atoms with Crippen molar-refractivity contribution >= 4 is 34.8 Å². The minimum atomic E-state index is -0.267. The van der Waals surface area contributed by atoms with Crippen LogP contribution < -0.4 is 20.9 Å². The lowest BCUT2D eigenvalue weighted by atomic mass is 10.1. The molecule has 0 aliphatic rings. The summed E-state index contributed by atoms with van der Waals surface area (Å²) in [6.07, 6.45) is 2.89. The monoisotopic (exact) mass is 405 g/mol. The molecule has 1 amide bonds. The van der Waals surface area contributed by atoms with E-state index in [1.165, 1.54) is 0 Å². The fourth-order valence-corrected chi connectivity index (χ4v) is 2.52. The number of benzene rings is 2. The Hall–Kier alpha value is -2.31. The molecule has 0 aromatic heterocycles. The lowest BCUT2D eigenvalue weighted by molar-refractivity contribution is 0.0943. The second-order valence-corrected chi connectivity index (χ2v) is 6.78. The SMILES string of the molecule is CCCCOc1ccc(C(=O)NNC(=S)NCCc2ccc(Cl)cc2)cc1. The van der Waals surface area contributed by atoms with E-state index in [9.17, 15) is 4.79 Å². The molecule has 5 nitrogen and oxygen atoms in total. The molecule has 0 saturated heterocycles. The molecule has 7 heteroatoms. The number of hydrogen-bond donors (Lipinski definition) is 3. The number of unbranched alkanes of at least 4 members (excludes halogenated alkanes) is 1. The van der Waals surface area contributed by atoms with E-state index in [0.717, 1.165) is 30.6 Å². The van der Waals surface area contributed by atoms with Crippen LogP contribution in [0.3, 0.4) is 0 Å². The van der Waals surface area contributed by atoms with E-state index in [2.05, 4.69) is 23.1 Å². The van der Waals surface area contributed by atoms with Crippen LogP contribution in [0.1, 0.15) is 35.7 Å². The van der Waals surface area contributed by atoms with Gasteiger partial charge < -0.3 is 10.1 Å². The number of carbonyl (C=O) groups excluding carboxylic acids is 1. The molecule has 0 fully saturated rings. The van der Waals surface area contributed by atoms with Gasteiger partial charge in [-0.25, -0.2) is 0 Å². The first-order valence-corrected chi connectivity index (χ1v) is 9.68. The molecule has 144 valence electrons. The van der Waals surface area contributed by atoms with Crippen molar-refractivity contribution in [2.45, 2.75) is 26.2 Å². The van der Waals surface area contributed by atoms with E-state index >= 15 is 0 Å². The van der Waals surface area contributed by atoms with E-state index in [-0.39, 0.29) is 5.91 Å². The molecule has 2 aromatic carbocycles. The molecule has 2 rings (SSSR count). The number of halogens is 1. The molecule has 0 heterocycles. The van der Waals surface area contributed by atoms with Gasteiger partial charge in [-0.3, -0.25) is 15.6 Å². The van der Waals surface area contributed by atoms with Crippen LogP contribution in [0.4, 0.5) is 0 Å². The normalized spacial score (nSPS) is 10.1. The van der Waals surface area contributed by atoms with E-state index in [0.29, 0.717) is 28.9 Å². The Morgan fingerprint density at radius 3 is 2.44 bits per heavy atom. The summed E-state index contributed by atoms with van der Waals surface area (Å²) in [4.78, 5) is 12.1. The second-order valence-electron chi connectivity index (χ2n) is 5.94. The lowest BCUT2D eigenvalue weighted by Gasteiger charge is -2.12. The maximum absolute atomic E-state index is 12.1. The molecule has 0 aliphatic carbocycles. The van der Waals surface area contributed by atoms with Crippen LogP contribution in [-0.2, 0) is 6.42 Å². The van der Waals surface area contributed by atoms with Crippen LogP contribution in [0.25, 0.3) is 0 Å². The van der Waals surface area contributed by atoms with Gasteiger partial charge >= 0.3 is 0 Å². The van der Waals surface area contributed by atoms with Gasteiger partial charge in [0.2, 0.25) is 0 Å². The fourth-order valence-electron chi connectivity index (χ4n) is 2.24. The minimum Gasteiger partial charge on any atom is -0.494 e. The molecular formula is C20H24ClN3O2S. The zero-order valence-electron chi connectivity index (χ0n) is 15.3. The second kappa shape index (κ2) is 11.4. The Morgan fingerprint density at radius 2 is 1.78 bits per heavy atom. The summed E-state index contributed by atoms with van der Waals surface area (Å²) < 4.78 is 5.58. The zero-order chi connectivity index (χ0) is 19.5. The first-order valence-electron chi connectivity index (χ1n) is 8.90. The Bertz CT molecular complexity index is 736. The molecule has 0 saturated carbocycles. The third-order valence-electron chi connectivity index (χ3n) is 3.79. The Labute approximate surface area is 170 Å². The maximum atomic E-state index is 12.1. The zero-order valence-corrected chi connectivity index (χ0v) is 16.8. The maximum Gasteiger partial charge on any atom is 0.269 e. The van der Waals surface area contributed by atoms with Crippen molar-refractivity contribution in [2.24, 2.45) is 0 Å². The van der Waals surface area contributed by atoms with Gasteiger partial charge in [0.1, 0.15) is 5.75 Å². The van der Waals surface area contributed by atoms with Crippen LogP contribution in [-0.4, -0.2) is 24.2 Å². The van der Waals surface area contributed by atoms with Gasteiger partial charge in [-0.05, 0) is 67.0 Å². The highest BCUT2D eigenvalue weighted by Crippen LogP contribution is 2.12. The third-order valence-corrected chi connectivity index (χ3v) is 4.28. The molecule has 0 spiro atoms. The summed E-state index contributed by atoms with van der Waals surface area (Å²) in [5, 5.41) is 4.12. The van der Waals surface area contributed by atoms with Crippen molar-refractivity contribution < 1.29 is 9.53 Å². The summed E-state index contributed by atoms with van der Waals surface area (Å²) in [7, 11) is 0. The minimum absolute atomic E-state index is 0.267. The average molecular weight is 406 g/mol. The van der Waals surface area contributed by atoms with Gasteiger partial charge in [-0.2, -0.15) is 0 Å². The highest BCUT2D eigenvalue weighted by molar-refractivity contribution is 7.80. The van der Waals surface area contributed by atoms with E-state index in [4.69, 9.17) is 28.6 Å². The molecule has 0 bridgehead atoms. The number of amides is 1. The predicted molar refractivity (Wildman–Crippen MR) is 113 cm³/mol. The third kappa shape index (κ3) is 7.85. The molecule has 0 radical (unpaired) electrons. The average Bonchev–Trinajstić information content (AvgIpc) is 2.68. The number of carbonyl (C=O) groups is 1. The molecule has 3 N–H and O–H groups in total. The number of ether oxygens (including phenoxy) is 1. The van der Waals surface area contributed by atoms with Crippen molar-refractivity contribution in [1.29, 1.82) is 0 Å². The molecule has 2 aromatic rings. The topological polar surface area (TPSA) is 62.4 Å². The van der Waals surface area contributed by atoms with Gasteiger partial charge in [0.25, 0.3) is 5.91 Å². The van der Waals surface area contributed by atoms with Gasteiger partial charge in [-0.15, -0.1) is 0 Å². The highest BCUT2D eigenvalue weighted by atomic mass is 35.5. The van der Waals surface area contributed by atoms with Crippen LogP contribution >= 0.6 is 23.8 Å². The Morgan fingerprint density at radius 1 is 1.07 bits per heavy atom. The Balaban J connectivity index is 1.68. The number of rotatable bonds is 8. The number of nitrogens with one attached hydrogen (secondary N) is 3. The van der Waals surface area contributed by atoms with Gasteiger partial charge in [-0.1, -0.05) is 37.1 Å². The van der Waals surface area contributed by atoms with Crippen LogP contribution in [0.15, 0.2) is 48.5 Å². The van der Waals surface area contributed by atoms with Crippen molar-refractivity contribution in [2.75, 3.05) is 13.2 Å². The first-order chi connectivity index (χ1) is 13.1. The Kier molecular flexibility index (Phi) is 8.87. The number of hydrazine groups is 1. The number of thiocarbonyl (C=S) groups is 1. The summed E-state index contributed by atoms with van der Waals surface area (Å²) in [5.74, 6) is 0.490. The summed E-state index contributed by atoms with van der Waals surface area (Å²) in [6, 6.07) is 14.7. The molecular weight excluding hydrogens is 382 g/mol. The summed E-state index contributed by atoms with van der Waals surface area (Å²) in [6.45, 7) is 3.44. The van der Waals surface area contributed by atoms with E-state index in [1.54, 1.807) is 24.3 Å². The number of hydrogen-bond acceptors (Lipinski definition) is 3. The lowest BCUT2D eigenvalue weighted by Crippen LogP contribution is -2.47. The van der Waals surface area contributed by atoms with Crippen molar-refractivity contribution in [3.8, 4) is 5.75 Å². The smallest absolute Gasteiger partial charge is 0.269 e. The molecule has 0 unspecified atom stereocenters. The van der Waals surface area contributed by atoms with Gasteiger partial charge in [0.15, 0.2) is 5.11 Å². The van der Waals surface area contributed by atoms with Crippen molar-refractivity contribution in [3.05, 3.63) is 64.7 Å². The van der Waals surface area contributed by atoms with Crippen LogP contribution in [0.5, 0.6) is 5.75 Å². The van der Waals surface area contributed by atoms with Gasteiger partial charge in [0.05, 0.1) is 6.61 Å². The van der Waals surface area contributed by atoms with Crippen molar-refractivity contribution in [1.82, 2.24) is 16.2 Å². The molecule has 0 aliphatic heterocycles. The quantitative estimate of drug-likeness (QED) is 0.353. The molecule has 0 atom stereocenters. The summed E-state index contributed by atoms with van der Waals surface area (Å²) >= 11 is 11.0. The van der Waals surface area contributed by atoms with Crippen molar-refractivity contribution in [3.63, 3.8) is 0 Å². The predicted octanol–water partition coefficient (Wildman–Crippen LogP) is 3.87. The van der Waals surface area contributed by atoms with E-state index < -0.39 is 0 Å². The van der Waals surface area contributed by atoms with E-state index in [1.807, 2.05) is 24.3 Å².